The number of anilines is 1. The predicted octanol–water partition coefficient (Wildman–Crippen LogP) is 4.65. The van der Waals surface area contributed by atoms with Gasteiger partial charge in [0.2, 0.25) is 0 Å². The summed E-state index contributed by atoms with van der Waals surface area (Å²) in [5.41, 5.74) is 2.85. The second kappa shape index (κ2) is 7.01. The Morgan fingerprint density at radius 2 is 1.96 bits per heavy atom. The van der Waals surface area contributed by atoms with Crippen molar-refractivity contribution in [2.75, 3.05) is 11.6 Å². The maximum absolute atomic E-state index is 12.8. The average Bonchev–Trinajstić information content (AvgIpc) is 2.86. The van der Waals surface area contributed by atoms with Gasteiger partial charge in [0, 0.05) is 10.0 Å². The van der Waals surface area contributed by atoms with Gasteiger partial charge >= 0.3 is 0 Å². The molecule has 0 atom stereocenters. The zero-order valence-electron chi connectivity index (χ0n) is 13.5. The summed E-state index contributed by atoms with van der Waals surface area (Å²) in [5.74, 6) is 0.605. The van der Waals surface area contributed by atoms with Gasteiger partial charge in [-0.25, -0.2) is 0 Å². The first kappa shape index (κ1) is 16.5. The van der Waals surface area contributed by atoms with Gasteiger partial charge < -0.3 is 4.74 Å². The van der Waals surface area contributed by atoms with Gasteiger partial charge in [-0.15, -0.1) is 0 Å². The van der Waals surface area contributed by atoms with E-state index in [-0.39, 0.29) is 5.91 Å². The molecule has 0 N–H and O–H groups in total. The minimum atomic E-state index is -0.138. The van der Waals surface area contributed by atoms with E-state index < -0.39 is 0 Å². The molecule has 0 saturated heterocycles. The van der Waals surface area contributed by atoms with E-state index >= 15 is 0 Å². The number of hydrazone groups is 1. The van der Waals surface area contributed by atoms with Crippen molar-refractivity contribution >= 4 is 39.3 Å². The quantitative estimate of drug-likeness (QED) is 0.719. The fourth-order valence-corrected chi connectivity index (χ4v) is 2.88. The van der Waals surface area contributed by atoms with E-state index in [2.05, 4.69) is 21.0 Å². The molecule has 2 aromatic rings. The molecule has 2 aromatic carbocycles. The first-order chi connectivity index (χ1) is 11.6. The fourth-order valence-electron chi connectivity index (χ4n) is 2.50. The molecule has 0 radical (unpaired) electrons. The number of ether oxygens (including phenoxy) is 1. The Balaban J connectivity index is 1.99. The Morgan fingerprint density at radius 3 is 2.67 bits per heavy atom. The highest BCUT2D eigenvalue weighted by molar-refractivity contribution is 9.10. The standard InChI is InChI=1S/C19H17BrN2O2/c1-3-24-18-10-9-15(20)11-14(18)12-17-13(2)21-22(19(17)23)16-7-5-4-6-8-16/h4-12H,3H2,1-2H3. The predicted molar refractivity (Wildman–Crippen MR) is 100 cm³/mol. The molecule has 0 aliphatic carbocycles. The number of amides is 1. The molecule has 0 fully saturated rings. The number of halogens is 1. The zero-order valence-corrected chi connectivity index (χ0v) is 15.1. The molecule has 0 aromatic heterocycles. The Kier molecular flexibility index (Phi) is 4.81. The van der Waals surface area contributed by atoms with Gasteiger partial charge in [0.1, 0.15) is 5.75 Å². The Labute approximate surface area is 149 Å². The monoisotopic (exact) mass is 384 g/mol. The van der Waals surface area contributed by atoms with Crippen molar-refractivity contribution in [2.45, 2.75) is 13.8 Å². The Hall–Kier alpha value is -2.40. The number of hydrogen-bond acceptors (Lipinski definition) is 3. The summed E-state index contributed by atoms with van der Waals surface area (Å²) < 4.78 is 6.58. The van der Waals surface area contributed by atoms with Crippen molar-refractivity contribution in [3.05, 3.63) is 64.1 Å². The Bertz CT molecular complexity index is 829. The molecule has 1 aliphatic heterocycles. The summed E-state index contributed by atoms with van der Waals surface area (Å²) >= 11 is 3.47. The number of benzene rings is 2. The average molecular weight is 385 g/mol. The van der Waals surface area contributed by atoms with Gasteiger partial charge in [0.15, 0.2) is 0 Å². The van der Waals surface area contributed by atoms with Crippen LogP contribution in [0.25, 0.3) is 6.08 Å². The molecule has 0 unspecified atom stereocenters. The second-order valence-electron chi connectivity index (χ2n) is 5.31. The van der Waals surface area contributed by atoms with Crippen LogP contribution < -0.4 is 9.75 Å². The molecule has 5 heteroatoms. The smallest absolute Gasteiger partial charge is 0.280 e. The lowest BCUT2D eigenvalue weighted by Crippen LogP contribution is -2.21. The van der Waals surface area contributed by atoms with E-state index in [1.165, 1.54) is 5.01 Å². The zero-order chi connectivity index (χ0) is 17.1. The molecule has 122 valence electrons. The van der Waals surface area contributed by atoms with Crippen molar-refractivity contribution in [3.8, 4) is 5.75 Å². The van der Waals surface area contributed by atoms with Crippen molar-refractivity contribution in [1.82, 2.24) is 0 Å². The van der Waals surface area contributed by atoms with Gasteiger partial charge in [-0.2, -0.15) is 10.1 Å². The van der Waals surface area contributed by atoms with Gasteiger partial charge in [-0.05, 0) is 50.3 Å². The third kappa shape index (κ3) is 3.26. The lowest BCUT2D eigenvalue weighted by Gasteiger charge is -2.11. The molecule has 24 heavy (non-hydrogen) atoms. The summed E-state index contributed by atoms with van der Waals surface area (Å²) in [5, 5.41) is 5.83. The summed E-state index contributed by atoms with van der Waals surface area (Å²) in [6, 6.07) is 15.1. The maximum atomic E-state index is 12.8. The van der Waals surface area contributed by atoms with Gasteiger partial charge in [0.05, 0.1) is 23.6 Å². The molecule has 1 amide bonds. The minimum absolute atomic E-state index is 0.138. The van der Waals surface area contributed by atoms with Crippen molar-refractivity contribution in [2.24, 2.45) is 5.10 Å². The van der Waals surface area contributed by atoms with Crippen LogP contribution in [0.5, 0.6) is 5.75 Å². The number of hydrogen-bond donors (Lipinski definition) is 0. The molecule has 3 rings (SSSR count). The van der Waals surface area contributed by atoms with Crippen LogP contribution in [0.4, 0.5) is 5.69 Å². The van der Waals surface area contributed by atoms with Crippen LogP contribution >= 0.6 is 15.9 Å². The maximum Gasteiger partial charge on any atom is 0.280 e. The lowest BCUT2D eigenvalue weighted by atomic mass is 10.1. The third-order valence-corrected chi connectivity index (χ3v) is 4.13. The van der Waals surface area contributed by atoms with E-state index in [0.29, 0.717) is 17.9 Å². The van der Waals surface area contributed by atoms with Crippen molar-refractivity contribution in [1.29, 1.82) is 0 Å². The second-order valence-corrected chi connectivity index (χ2v) is 6.23. The third-order valence-electron chi connectivity index (χ3n) is 3.63. The number of nitrogens with zero attached hydrogens (tertiary/aromatic N) is 2. The van der Waals surface area contributed by atoms with Crippen molar-refractivity contribution in [3.63, 3.8) is 0 Å². The molecule has 0 saturated carbocycles. The van der Waals surface area contributed by atoms with Crippen LogP contribution in [-0.2, 0) is 4.79 Å². The highest BCUT2D eigenvalue weighted by atomic mass is 79.9. The molecule has 0 spiro atoms. The van der Waals surface area contributed by atoms with Gasteiger partial charge in [0.25, 0.3) is 5.91 Å². The lowest BCUT2D eigenvalue weighted by molar-refractivity contribution is -0.114. The molecular weight excluding hydrogens is 368 g/mol. The topological polar surface area (TPSA) is 41.9 Å². The number of rotatable bonds is 4. The number of carbonyl (C=O) groups is 1. The summed E-state index contributed by atoms with van der Waals surface area (Å²) in [6.45, 7) is 4.34. The number of para-hydroxylation sites is 1. The van der Waals surface area contributed by atoms with Gasteiger partial charge in [-0.1, -0.05) is 34.1 Å². The highest BCUT2D eigenvalue weighted by Crippen LogP contribution is 2.29. The van der Waals surface area contributed by atoms with Crippen LogP contribution in [0.1, 0.15) is 19.4 Å². The van der Waals surface area contributed by atoms with Crippen LogP contribution in [0, 0.1) is 0 Å². The number of carbonyl (C=O) groups excluding carboxylic acids is 1. The molecule has 1 aliphatic rings. The Morgan fingerprint density at radius 1 is 1.21 bits per heavy atom. The van der Waals surface area contributed by atoms with Crippen molar-refractivity contribution < 1.29 is 9.53 Å². The largest absolute Gasteiger partial charge is 0.493 e. The summed E-state index contributed by atoms with van der Waals surface area (Å²) in [4.78, 5) is 12.8. The highest BCUT2D eigenvalue weighted by Gasteiger charge is 2.28. The molecule has 0 bridgehead atoms. The van der Waals surface area contributed by atoms with E-state index in [1.807, 2.05) is 68.5 Å². The summed E-state index contributed by atoms with van der Waals surface area (Å²) in [7, 11) is 0. The SMILES string of the molecule is CCOc1ccc(Br)cc1C=C1C(=O)N(c2ccccc2)N=C1C. The van der Waals surface area contributed by atoms with E-state index in [4.69, 9.17) is 4.74 Å². The fraction of sp³-hybridized carbons (Fsp3) is 0.158. The van der Waals surface area contributed by atoms with Gasteiger partial charge in [-0.3, -0.25) is 4.79 Å². The first-order valence-electron chi connectivity index (χ1n) is 7.69. The first-order valence-corrected chi connectivity index (χ1v) is 8.48. The van der Waals surface area contributed by atoms with Crippen LogP contribution in [0.2, 0.25) is 0 Å². The van der Waals surface area contributed by atoms with E-state index in [0.717, 1.165) is 21.5 Å². The molecule has 4 nitrogen and oxygen atoms in total. The molecule has 1 heterocycles. The normalized spacial score (nSPS) is 15.8. The molecular formula is C19H17BrN2O2. The van der Waals surface area contributed by atoms with Crippen LogP contribution in [0.3, 0.4) is 0 Å². The van der Waals surface area contributed by atoms with Crippen LogP contribution in [-0.4, -0.2) is 18.2 Å². The minimum Gasteiger partial charge on any atom is -0.493 e. The summed E-state index contributed by atoms with van der Waals surface area (Å²) in [6.07, 6.45) is 1.83. The van der Waals surface area contributed by atoms with Crippen LogP contribution in [0.15, 0.2) is 63.7 Å². The van der Waals surface area contributed by atoms with E-state index in [1.54, 1.807) is 0 Å². The van der Waals surface area contributed by atoms with E-state index in [9.17, 15) is 4.79 Å².